The van der Waals surface area contributed by atoms with Gasteiger partial charge < -0.3 is 14.8 Å². The Labute approximate surface area is 202 Å². The van der Waals surface area contributed by atoms with Crippen LogP contribution in [0.2, 0.25) is 0 Å². The lowest BCUT2D eigenvalue weighted by molar-refractivity contribution is -0.123. The first-order chi connectivity index (χ1) is 16.8. The zero-order valence-electron chi connectivity index (χ0n) is 19.6. The van der Waals surface area contributed by atoms with E-state index in [0.717, 1.165) is 22.1 Å². The second kappa shape index (κ2) is 10.2. The summed E-state index contributed by atoms with van der Waals surface area (Å²) in [6, 6.07) is 19.8. The van der Waals surface area contributed by atoms with Crippen LogP contribution in [0, 0.1) is 0 Å². The van der Waals surface area contributed by atoms with Gasteiger partial charge in [0.1, 0.15) is 5.75 Å². The number of urea groups is 1. The number of benzene rings is 3. The van der Waals surface area contributed by atoms with Gasteiger partial charge in [-0.2, -0.15) is 0 Å². The number of hydrogen-bond acceptors (Lipinski definition) is 6. The topological polar surface area (TPSA) is 107 Å². The normalized spacial score (nSPS) is 10.9. The summed E-state index contributed by atoms with van der Waals surface area (Å²) in [5, 5.41) is 7.28. The van der Waals surface area contributed by atoms with E-state index >= 15 is 0 Å². The van der Waals surface area contributed by atoms with E-state index in [1.807, 2.05) is 48.5 Å². The van der Waals surface area contributed by atoms with Gasteiger partial charge in [-0.15, -0.1) is 0 Å². The number of rotatable bonds is 6. The van der Waals surface area contributed by atoms with E-state index in [0.29, 0.717) is 16.6 Å². The number of amides is 3. The molecule has 3 amide bonds. The smallest absolute Gasteiger partial charge is 0.339 e. The third kappa shape index (κ3) is 5.55. The number of methoxy groups -OCH3 is 1. The van der Waals surface area contributed by atoms with Crippen molar-refractivity contribution < 1.29 is 23.9 Å². The molecule has 178 valence electrons. The number of nitrogens with one attached hydrogen (secondary N) is 2. The molecule has 0 saturated carbocycles. The fourth-order valence-corrected chi connectivity index (χ4v) is 3.67. The number of imide groups is 1. The summed E-state index contributed by atoms with van der Waals surface area (Å²) in [6.45, 7) is 2.94. The highest BCUT2D eigenvalue weighted by Gasteiger charge is 2.18. The molecule has 0 saturated heterocycles. The van der Waals surface area contributed by atoms with Gasteiger partial charge in [0.05, 0.1) is 23.9 Å². The zero-order chi connectivity index (χ0) is 24.9. The van der Waals surface area contributed by atoms with E-state index in [4.69, 9.17) is 14.5 Å². The van der Waals surface area contributed by atoms with Crippen LogP contribution >= 0.6 is 0 Å². The van der Waals surface area contributed by atoms with Crippen molar-refractivity contribution >= 4 is 39.6 Å². The maximum absolute atomic E-state index is 12.9. The van der Waals surface area contributed by atoms with Crippen molar-refractivity contribution in [2.45, 2.75) is 19.9 Å². The molecule has 8 nitrogen and oxygen atoms in total. The number of carbonyl (C=O) groups is 3. The molecule has 0 aliphatic carbocycles. The number of hydrogen-bond donors (Lipinski definition) is 2. The number of pyridine rings is 1. The fraction of sp³-hybridized carbons (Fsp3) is 0.185. The van der Waals surface area contributed by atoms with Crippen LogP contribution in [0.1, 0.15) is 24.2 Å². The molecule has 0 aliphatic heterocycles. The van der Waals surface area contributed by atoms with Crippen LogP contribution in [0.4, 0.5) is 4.79 Å². The van der Waals surface area contributed by atoms with Crippen molar-refractivity contribution in [1.82, 2.24) is 15.6 Å². The van der Waals surface area contributed by atoms with Crippen molar-refractivity contribution in [3.05, 3.63) is 72.3 Å². The molecule has 3 aromatic carbocycles. The molecule has 35 heavy (non-hydrogen) atoms. The summed E-state index contributed by atoms with van der Waals surface area (Å²) in [6.07, 6.45) is 0. The van der Waals surface area contributed by atoms with Gasteiger partial charge in [-0.25, -0.2) is 14.6 Å². The molecule has 4 aromatic rings. The van der Waals surface area contributed by atoms with Crippen molar-refractivity contribution in [3.63, 3.8) is 0 Å². The van der Waals surface area contributed by atoms with E-state index in [9.17, 15) is 14.4 Å². The molecule has 0 aliphatic rings. The Balaban J connectivity index is 1.61. The first kappa shape index (κ1) is 23.7. The van der Waals surface area contributed by atoms with Crippen molar-refractivity contribution in [2.75, 3.05) is 13.7 Å². The predicted molar refractivity (Wildman–Crippen MR) is 133 cm³/mol. The van der Waals surface area contributed by atoms with E-state index < -0.39 is 24.5 Å². The summed E-state index contributed by atoms with van der Waals surface area (Å²) >= 11 is 0. The number of carbonyl (C=O) groups excluding carboxylic acids is 3. The van der Waals surface area contributed by atoms with Crippen LogP contribution in [-0.2, 0) is 9.53 Å². The largest absolute Gasteiger partial charge is 0.497 e. The average molecular weight is 472 g/mol. The average Bonchev–Trinajstić information content (AvgIpc) is 2.85. The third-order valence-corrected chi connectivity index (χ3v) is 5.29. The number of esters is 1. The standard InChI is InChI=1S/C27H25N3O5/c1-16(2)28-27(33)30-25(31)15-35-26(32)22-14-24(29-23-7-5-4-6-21(22)23)19-9-8-18-13-20(34-3)11-10-17(18)12-19/h4-14,16H,15H2,1-3H3,(H2,28,30,31,33). The highest BCUT2D eigenvalue weighted by molar-refractivity contribution is 6.05. The highest BCUT2D eigenvalue weighted by Crippen LogP contribution is 2.29. The monoisotopic (exact) mass is 471 g/mol. The van der Waals surface area contributed by atoms with Gasteiger partial charge in [0.15, 0.2) is 6.61 Å². The number of aromatic nitrogens is 1. The summed E-state index contributed by atoms with van der Waals surface area (Å²) < 4.78 is 10.5. The van der Waals surface area contributed by atoms with Gasteiger partial charge in [-0.1, -0.05) is 36.4 Å². The van der Waals surface area contributed by atoms with E-state index in [2.05, 4.69) is 10.6 Å². The van der Waals surface area contributed by atoms with Crippen molar-refractivity contribution in [3.8, 4) is 17.0 Å². The minimum absolute atomic E-state index is 0.135. The lowest BCUT2D eigenvalue weighted by Gasteiger charge is -2.12. The third-order valence-electron chi connectivity index (χ3n) is 5.29. The number of nitrogens with zero attached hydrogens (tertiary/aromatic N) is 1. The lowest BCUT2D eigenvalue weighted by Crippen LogP contribution is -2.44. The van der Waals surface area contributed by atoms with Crippen LogP contribution in [0.3, 0.4) is 0 Å². The molecule has 0 unspecified atom stereocenters. The summed E-state index contributed by atoms with van der Waals surface area (Å²) in [5.41, 5.74) is 2.31. The SMILES string of the molecule is COc1ccc2cc(-c3cc(C(=O)OCC(=O)NC(=O)NC(C)C)c4ccccc4n3)ccc2c1. The van der Waals surface area contributed by atoms with E-state index in [1.165, 1.54) is 0 Å². The van der Waals surface area contributed by atoms with Gasteiger partial charge in [-0.05, 0) is 55.0 Å². The van der Waals surface area contributed by atoms with Gasteiger partial charge in [0, 0.05) is 17.0 Å². The molecular weight excluding hydrogens is 446 g/mol. The fourth-order valence-electron chi connectivity index (χ4n) is 3.67. The first-order valence-corrected chi connectivity index (χ1v) is 11.1. The Morgan fingerprint density at radius 2 is 1.69 bits per heavy atom. The molecule has 0 spiro atoms. The molecule has 0 fully saturated rings. The summed E-state index contributed by atoms with van der Waals surface area (Å²) in [5.74, 6) is -0.639. The number of fused-ring (bicyclic) bond motifs is 2. The molecule has 1 aromatic heterocycles. The second-order valence-electron chi connectivity index (χ2n) is 8.25. The number of para-hydroxylation sites is 1. The van der Waals surface area contributed by atoms with Crippen LogP contribution in [0.15, 0.2) is 66.7 Å². The van der Waals surface area contributed by atoms with Crippen LogP contribution < -0.4 is 15.4 Å². The van der Waals surface area contributed by atoms with Gasteiger partial charge in [0.25, 0.3) is 5.91 Å². The Morgan fingerprint density at radius 3 is 2.46 bits per heavy atom. The molecule has 4 rings (SSSR count). The molecule has 1 heterocycles. The van der Waals surface area contributed by atoms with Gasteiger partial charge in [-0.3, -0.25) is 10.1 Å². The molecule has 0 bridgehead atoms. The Kier molecular flexibility index (Phi) is 6.91. The highest BCUT2D eigenvalue weighted by atomic mass is 16.5. The van der Waals surface area contributed by atoms with E-state index in [1.54, 1.807) is 39.2 Å². The van der Waals surface area contributed by atoms with Crippen LogP contribution in [0.5, 0.6) is 5.75 Å². The van der Waals surface area contributed by atoms with Crippen molar-refractivity contribution in [1.29, 1.82) is 0 Å². The number of ether oxygens (including phenoxy) is 2. The summed E-state index contributed by atoms with van der Waals surface area (Å²) in [7, 11) is 1.62. The summed E-state index contributed by atoms with van der Waals surface area (Å²) in [4.78, 5) is 41.4. The van der Waals surface area contributed by atoms with Crippen LogP contribution in [-0.4, -0.2) is 42.7 Å². The lowest BCUT2D eigenvalue weighted by atomic mass is 10.0. The Morgan fingerprint density at radius 1 is 0.943 bits per heavy atom. The molecule has 8 heteroatoms. The maximum atomic E-state index is 12.9. The second-order valence-corrected chi connectivity index (χ2v) is 8.25. The van der Waals surface area contributed by atoms with E-state index in [-0.39, 0.29) is 11.6 Å². The molecule has 2 N–H and O–H groups in total. The molecular formula is C27H25N3O5. The predicted octanol–water partition coefficient (Wildman–Crippen LogP) is 4.45. The minimum atomic E-state index is -0.722. The van der Waals surface area contributed by atoms with Crippen molar-refractivity contribution in [2.24, 2.45) is 0 Å². The molecule has 0 radical (unpaired) electrons. The Bertz CT molecular complexity index is 1430. The zero-order valence-corrected chi connectivity index (χ0v) is 19.6. The minimum Gasteiger partial charge on any atom is -0.497 e. The Hall–Kier alpha value is -4.46. The molecule has 0 atom stereocenters. The van der Waals surface area contributed by atoms with Crippen LogP contribution in [0.25, 0.3) is 32.9 Å². The quantitative estimate of drug-likeness (QED) is 0.402. The first-order valence-electron chi connectivity index (χ1n) is 11.1. The maximum Gasteiger partial charge on any atom is 0.339 e. The van der Waals surface area contributed by atoms with Gasteiger partial charge in [0.2, 0.25) is 0 Å². The van der Waals surface area contributed by atoms with Gasteiger partial charge >= 0.3 is 12.0 Å².